The van der Waals surface area contributed by atoms with Gasteiger partial charge in [0.25, 0.3) is 0 Å². The van der Waals surface area contributed by atoms with Crippen LogP contribution in [0, 0.1) is 0 Å². The zero-order chi connectivity index (χ0) is 16.0. The average molecular weight is 389 g/mol. The fraction of sp³-hybridized carbons (Fsp3) is 1.00. The molecule has 0 aliphatic carbocycles. The summed E-state index contributed by atoms with van der Waals surface area (Å²) in [5, 5.41) is 0. The first-order chi connectivity index (χ1) is 10.0. The molecule has 0 rings (SSSR count). The van der Waals surface area contributed by atoms with Gasteiger partial charge in [0.2, 0.25) is 0 Å². The van der Waals surface area contributed by atoms with Gasteiger partial charge in [-0.3, -0.25) is 0 Å². The Bertz CT molecular complexity index is 260. The molecule has 0 saturated carbocycles. The Balaban J connectivity index is 3.86. The highest BCUT2D eigenvalue weighted by Gasteiger charge is 2.08. The van der Waals surface area contributed by atoms with E-state index in [0.717, 1.165) is 0 Å². The molecule has 0 unspecified atom stereocenters. The van der Waals surface area contributed by atoms with Gasteiger partial charge in [0.1, 0.15) is 0 Å². The smallest absolute Gasteiger partial charge is 0.0620 e. The fourth-order valence-corrected chi connectivity index (χ4v) is 10.9. The molecule has 0 radical (unpaired) electrons. The van der Waals surface area contributed by atoms with Crippen LogP contribution in [0.1, 0.15) is 90.9 Å². The summed E-state index contributed by atoms with van der Waals surface area (Å²) in [6.45, 7) is 4.55. The van der Waals surface area contributed by atoms with Crippen LogP contribution in [0.2, 0.25) is 0 Å². The lowest BCUT2D eigenvalue weighted by Gasteiger charge is -2.17. The molecule has 21 heavy (non-hydrogen) atoms. The van der Waals surface area contributed by atoms with E-state index in [-0.39, 0.29) is 0 Å². The fourth-order valence-electron chi connectivity index (χ4n) is 2.45. The number of hydrogen-bond acceptors (Lipinski definition) is 0. The zero-order valence-electron chi connectivity index (χ0n) is 14.1. The molecule has 0 bridgehead atoms. The van der Waals surface area contributed by atoms with Crippen LogP contribution in [-0.2, 0) is 10.1 Å². The predicted molar refractivity (Wildman–Crippen MR) is 118 cm³/mol. The minimum Gasteiger partial charge on any atom is -0.163 e. The Morgan fingerprint density at radius 1 is 0.571 bits per heavy atom. The van der Waals surface area contributed by atoms with Gasteiger partial charge in [-0.05, 0) is 24.3 Å². The van der Waals surface area contributed by atoms with Crippen LogP contribution in [0.5, 0.6) is 0 Å². The molecule has 0 heterocycles. The lowest BCUT2D eigenvalue weighted by molar-refractivity contribution is 0.623. The van der Waals surface area contributed by atoms with E-state index < -0.39 is 3.64 Å². The molecule has 0 aromatic carbocycles. The summed E-state index contributed by atoms with van der Waals surface area (Å²) >= 11 is 14.2. The first kappa shape index (κ1) is 22.8. The van der Waals surface area contributed by atoms with Gasteiger partial charge in [-0.1, -0.05) is 78.1 Å². The lowest BCUT2D eigenvalue weighted by atomic mass is 10.1. The zero-order valence-corrected chi connectivity index (χ0v) is 18.5. The maximum absolute atomic E-state index is 4.72. The second kappa shape index (κ2) is 15.4. The average Bonchev–Trinajstić information content (AvgIpc) is 2.42. The minimum absolute atomic E-state index is 0.348. The van der Waals surface area contributed by atoms with Gasteiger partial charge in [-0.2, -0.15) is 10.1 Å². The first-order valence-corrected chi connectivity index (χ1v) is 16.2. The van der Waals surface area contributed by atoms with Crippen LogP contribution < -0.4 is 0 Å². The molecule has 0 aromatic rings. The van der Waals surface area contributed by atoms with Crippen molar-refractivity contribution in [3.8, 4) is 0 Å². The van der Waals surface area contributed by atoms with Crippen LogP contribution in [0.25, 0.3) is 0 Å². The van der Waals surface area contributed by atoms with Crippen molar-refractivity contribution in [3.05, 3.63) is 0 Å². The summed E-state index contributed by atoms with van der Waals surface area (Å²) in [5.74, 6) is 2.62. The monoisotopic (exact) mass is 388 g/mol. The Labute approximate surface area is 152 Å². The van der Waals surface area contributed by atoms with E-state index in [0.29, 0.717) is 10.1 Å². The van der Waals surface area contributed by atoms with Crippen LogP contribution in [-0.4, -0.2) is 11.5 Å². The minimum atomic E-state index is -1.54. The van der Waals surface area contributed by atoms with E-state index in [4.69, 9.17) is 36.7 Å². The van der Waals surface area contributed by atoms with Gasteiger partial charge in [0.05, 0.1) is 3.64 Å². The van der Waals surface area contributed by atoms with E-state index >= 15 is 0 Å². The van der Waals surface area contributed by atoms with Crippen molar-refractivity contribution in [1.29, 1.82) is 0 Å². The summed E-state index contributed by atoms with van der Waals surface area (Å²) < 4.78 is -1.54. The van der Waals surface area contributed by atoms with Crippen molar-refractivity contribution in [2.24, 2.45) is 0 Å². The number of rotatable bonds is 14. The van der Waals surface area contributed by atoms with Crippen LogP contribution in [0.4, 0.5) is 0 Å². The molecule has 0 aliphatic heterocycles. The summed E-state index contributed by atoms with van der Waals surface area (Å²) in [6.07, 6.45) is 16.6. The molecule has 0 nitrogen and oxygen atoms in total. The third kappa shape index (κ3) is 15.1. The van der Waals surface area contributed by atoms with Crippen LogP contribution >= 0.6 is 40.4 Å². The molecular weight excluding hydrogens is 351 g/mol. The van der Waals surface area contributed by atoms with Gasteiger partial charge < -0.3 is 0 Å². The molecule has 0 amide bonds. The highest BCUT2D eigenvalue weighted by atomic mass is 33.5. The maximum atomic E-state index is 4.72. The molecule has 0 atom stereocenters. The molecule has 5 heteroatoms. The molecule has 0 saturated heterocycles. The summed E-state index contributed by atoms with van der Waals surface area (Å²) in [5.41, 5.74) is 0. The van der Waals surface area contributed by atoms with Crippen molar-refractivity contribution < 1.29 is 0 Å². The number of hydrogen-bond donors (Lipinski definition) is 3. The Hall–Kier alpha value is 1.83. The lowest BCUT2D eigenvalue weighted by Crippen LogP contribution is -2.02. The van der Waals surface area contributed by atoms with Gasteiger partial charge in [0, 0.05) is 0 Å². The van der Waals surface area contributed by atoms with E-state index in [1.807, 2.05) is 0 Å². The van der Waals surface area contributed by atoms with Gasteiger partial charge in [-0.15, -0.1) is 36.7 Å². The van der Waals surface area contributed by atoms with Crippen molar-refractivity contribution in [2.45, 2.75) is 90.9 Å². The second-order valence-corrected chi connectivity index (χ2v) is 22.6. The van der Waals surface area contributed by atoms with Crippen LogP contribution in [0.15, 0.2) is 0 Å². The molecule has 130 valence electrons. The molecule has 0 N–H and O–H groups in total. The predicted octanol–water partition coefficient (Wildman–Crippen LogP) is 7.79. The highest BCUT2D eigenvalue weighted by Crippen LogP contribution is 2.65. The normalized spacial score (nSPS) is 12.3. The SMILES string of the molecule is CCCCCCCCS(CCCCCCCC)=P(S)(S)S. The number of thiol groups is 3. The van der Waals surface area contributed by atoms with Crippen molar-refractivity contribution in [2.75, 3.05) is 11.5 Å². The first-order valence-electron chi connectivity index (χ1n) is 8.77. The second-order valence-electron chi connectivity index (χ2n) is 5.92. The molecule has 0 aliphatic rings. The standard InChI is InChI=1S/C16H37PS4/c1-3-5-7-9-11-13-15-21(17(18,19)20)16-14-12-10-8-6-4-2/h18-20H,3-16H2,1-2H3. The van der Waals surface area contributed by atoms with Crippen molar-refractivity contribution in [1.82, 2.24) is 0 Å². The highest BCUT2D eigenvalue weighted by molar-refractivity contribution is 9.17. The third-order valence-corrected chi connectivity index (χ3v) is 15.4. The Morgan fingerprint density at radius 3 is 1.24 bits per heavy atom. The summed E-state index contributed by atoms with van der Waals surface area (Å²) in [4.78, 5) is 0. The van der Waals surface area contributed by atoms with Crippen molar-refractivity contribution in [3.63, 3.8) is 0 Å². The molecule has 0 aromatic heterocycles. The Morgan fingerprint density at radius 2 is 0.905 bits per heavy atom. The van der Waals surface area contributed by atoms with E-state index in [1.165, 1.54) is 88.6 Å². The van der Waals surface area contributed by atoms with Gasteiger partial charge in [0.15, 0.2) is 0 Å². The topological polar surface area (TPSA) is 0 Å². The van der Waals surface area contributed by atoms with Crippen molar-refractivity contribution >= 4 is 50.5 Å². The van der Waals surface area contributed by atoms with E-state index in [2.05, 4.69) is 13.8 Å². The molecule has 0 spiro atoms. The van der Waals surface area contributed by atoms with E-state index in [9.17, 15) is 0 Å². The maximum Gasteiger partial charge on any atom is 0.0620 e. The summed E-state index contributed by atoms with van der Waals surface area (Å²) in [6, 6.07) is 0. The largest absolute Gasteiger partial charge is 0.163 e. The van der Waals surface area contributed by atoms with Gasteiger partial charge in [-0.25, -0.2) is 0 Å². The quantitative estimate of drug-likeness (QED) is 0.151. The van der Waals surface area contributed by atoms with E-state index in [1.54, 1.807) is 0 Å². The molecule has 0 fully saturated rings. The van der Waals surface area contributed by atoms with Gasteiger partial charge >= 0.3 is 0 Å². The molecular formula is C16H37PS4. The van der Waals surface area contributed by atoms with Crippen LogP contribution in [0.3, 0.4) is 0 Å². The summed E-state index contributed by atoms with van der Waals surface area (Å²) in [7, 11) is 0.348. The Kier molecular flexibility index (Phi) is 16.7. The third-order valence-electron chi connectivity index (χ3n) is 3.81. The number of unbranched alkanes of at least 4 members (excludes halogenated alkanes) is 10.